The van der Waals surface area contributed by atoms with Crippen molar-refractivity contribution >= 4 is 11.6 Å². The van der Waals surface area contributed by atoms with E-state index in [-0.39, 0.29) is 12.5 Å². The van der Waals surface area contributed by atoms with Crippen molar-refractivity contribution in [3.05, 3.63) is 59.7 Å². The van der Waals surface area contributed by atoms with Crippen molar-refractivity contribution in [2.75, 3.05) is 19.5 Å². The van der Waals surface area contributed by atoms with E-state index in [4.69, 9.17) is 10.5 Å². The number of nitrogen functional groups attached to an aromatic ring is 1. The van der Waals surface area contributed by atoms with Gasteiger partial charge in [-0.15, -0.1) is 0 Å². The number of methoxy groups -OCH3 is 1. The molecular weight excluding hydrogens is 268 g/mol. The second kappa shape index (κ2) is 6.76. The van der Waals surface area contributed by atoms with E-state index in [1.54, 1.807) is 18.2 Å². The Labute approximate surface area is 123 Å². The lowest BCUT2D eigenvalue weighted by molar-refractivity contribution is 0.0916. The quantitative estimate of drug-likeness (QED) is 0.731. The van der Waals surface area contributed by atoms with Gasteiger partial charge in [-0.3, -0.25) is 4.79 Å². The molecule has 0 saturated heterocycles. The molecule has 1 amide bonds. The molecule has 0 fully saturated rings. The summed E-state index contributed by atoms with van der Waals surface area (Å²) in [6, 6.07) is 13.7. The number of hydrogen-bond acceptors (Lipinski definition) is 4. The normalized spacial score (nSPS) is 11.7. The summed E-state index contributed by atoms with van der Waals surface area (Å²) < 4.78 is 5.05. The number of anilines is 1. The SMILES string of the molecule is COc1ccc(C(=O)NC(CO)c2ccccc2)cc1N. The van der Waals surface area contributed by atoms with E-state index in [1.807, 2.05) is 30.3 Å². The lowest BCUT2D eigenvalue weighted by atomic mass is 10.1. The maximum absolute atomic E-state index is 12.2. The average molecular weight is 286 g/mol. The van der Waals surface area contributed by atoms with Gasteiger partial charge in [0.15, 0.2) is 0 Å². The number of carbonyl (C=O) groups excluding carboxylic acids is 1. The van der Waals surface area contributed by atoms with Gasteiger partial charge >= 0.3 is 0 Å². The van der Waals surface area contributed by atoms with Crippen LogP contribution in [0.3, 0.4) is 0 Å². The summed E-state index contributed by atoms with van der Waals surface area (Å²) in [5.41, 5.74) is 7.45. The molecule has 0 aliphatic carbocycles. The van der Waals surface area contributed by atoms with Crippen LogP contribution in [0.4, 0.5) is 5.69 Å². The molecule has 0 aliphatic heterocycles. The smallest absolute Gasteiger partial charge is 0.251 e. The number of amides is 1. The Balaban J connectivity index is 2.15. The van der Waals surface area contributed by atoms with Gasteiger partial charge in [0.25, 0.3) is 5.91 Å². The molecule has 0 bridgehead atoms. The number of benzene rings is 2. The molecule has 2 aromatic rings. The van der Waals surface area contributed by atoms with Gasteiger partial charge in [0.2, 0.25) is 0 Å². The van der Waals surface area contributed by atoms with Crippen LogP contribution in [-0.2, 0) is 0 Å². The average Bonchev–Trinajstić information content (AvgIpc) is 2.53. The van der Waals surface area contributed by atoms with Crippen molar-refractivity contribution < 1.29 is 14.6 Å². The molecule has 1 atom stereocenters. The highest BCUT2D eigenvalue weighted by Gasteiger charge is 2.15. The molecule has 0 spiro atoms. The fraction of sp³-hybridized carbons (Fsp3) is 0.188. The van der Waals surface area contributed by atoms with Gasteiger partial charge in [0, 0.05) is 5.56 Å². The summed E-state index contributed by atoms with van der Waals surface area (Å²) in [5, 5.41) is 12.2. The minimum Gasteiger partial charge on any atom is -0.495 e. The highest BCUT2D eigenvalue weighted by atomic mass is 16.5. The summed E-state index contributed by atoms with van der Waals surface area (Å²) >= 11 is 0. The van der Waals surface area contributed by atoms with Gasteiger partial charge in [0.05, 0.1) is 25.4 Å². The topological polar surface area (TPSA) is 84.6 Å². The van der Waals surface area contributed by atoms with Crippen LogP contribution in [0.25, 0.3) is 0 Å². The summed E-state index contributed by atoms with van der Waals surface area (Å²) in [7, 11) is 1.52. The molecule has 4 N–H and O–H groups in total. The first-order valence-electron chi connectivity index (χ1n) is 6.56. The van der Waals surface area contributed by atoms with Crippen molar-refractivity contribution in [2.45, 2.75) is 6.04 Å². The third-order valence-electron chi connectivity index (χ3n) is 3.18. The molecule has 110 valence electrons. The molecular formula is C16H18N2O3. The predicted octanol–water partition coefficient (Wildman–Crippen LogP) is 1.74. The predicted molar refractivity (Wildman–Crippen MR) is 81.1 cm³/mol. The molecule has 0 aromatic heterocycles. The molecule has 0 aliphatic rings. The number of ether oxygens (including phenoxy) is 1. The fourth-order valence-corrected chi connectivity index (χ4v) is 2.04. The monoisotopic (exact) mass is 286 g/mol. The minimum absolute atomic E-state index is 0.179. The van der Waals surface area contributed by atoms with Gasteiger partial charge in [-0.2, -0.15) is 0 Å². The van der Waals surface area contributed by atoms with Crippen molar-refractivity contribution in [2.24, 2.45) is 0 Å². The highest BCUT2D eigenvalue weighted by Crippen LogP contribution is 2.22. The minimum atomic E-state index is -0.456. The second-order valence-corrected chi connectivity index (χ2v) is 4.58. The van der Waals surface area contributed by atoms with E-state index in [2.05, 4.69) is 5.32 Å². The number of rotatable bonds is 5. The second-order valence-electron chi connectivity index (χ2n) is 4.58. The lowest BCUT2D eigenvalue weighted by Crippen LogP contribution is -2.30. The Bertz CT molecular complexity index is 614. The summed E-state index contributed by atoms with van der Waals surface area (Å²) in [4.78, 5) is 12.2. The standard InChI is InChI=1S/C16H18N2O3/c1-21-15-8-7-12(9-13(15)17)16(20)18-14(10-19)11-5-3-2-4-6-11/h2-9,14,19H,10,17H2,1H3,(H,18,20). The fourth-order valence-electron chi connectivity index (χ4n) is 2.04. The molecule has 5 heteroatoms. The number of nitrogens with one attached hydrogen (secondary N) is 1. The number of carbonyl (C=O) groups is 1. The van der Waals surface area contributed by atoms with Gasteiger partial charge < -0.3 is 20.9 Å². The molecule has 2 rings (SSSR count). The Morgan fingerprint density at radius 2 is 2.00 bits per heavy atom. The molecule has 1 unspecified atom stereocenters. The molecule has 5 nitrogen and oxygen atoms in total. The molecule has 2 aromatic carbocycles. The maximum Gasteiger partial charge on any atom is 0.251 e. The van der Waals surface area contributed by atoms with Gasteiger partial charge in [-0.05, 0) is 23.8 Å². The van der Waals surface area contributed by atoms with Crippen LogP contribution in [0.5, 0.6) is 5.75 Å². The summed E-state index contributed by atoms with van der Waals surface area (Å²) in [6.45, 7) is -0.179. The van der Waals surface area contributed by atoms with Gasteiger partial charge in [0.1, 0.15) is 5.75 Å². The first-order chi connectivity index (χ1) is 10.2. The number of hydrogen-bond donors (Lipinski definition) is 3. The van der Waals surface area contributed by atoms with E-state index in [1.165, 1.54) is 7.11 Å². The van der Waals surface area contributed by atoms with Crippen LogP contribution in [-0.4, -0.2) is 24.7 Å². The van der Waals surface area contributed by atoms with E-state index in [9.17, 15) is 9.90 Å². The number of aliphatic hydroxyl groups is 1. The summed E-state index contributed by atoms with van der Waals surface area (Å²) in [5.74, 6) is 0.223. The zero-order chi connectivity index (χ0) is 15.2. The van der Waals surface area contributed by atoms with E-state index in [0.29, 0.717) is 17.0 Å². The van der Waals surface area contributed by atoms with Gasteiger partial charge in [-0.25, -0.2) is 0 Å². The Kier molecular flexibility index (Phi) is 4.79. The van der Waals surface area contributed by atoms with Crippen molar-refractivity contribution in [3.63, 3.8) is 0 Å². The largest absolute Gasteiger partial charge is 0.495 e. The van der Waals surface area contributed by atoms with Crippen molar-refractivity contribution in [1.29, 1.82) is 0 Å². The Hall–Kier alpha value is -2.53. The van der Waals surface area contributed by atoms with Crippen LogP contribution >= 0.6 is 0 Å². The van der Waals surface area contributed by atoms with E-state index in [0.717, 1.165) is 5.56 Å². The third kappa shape index (κ3) is 3.52. The maximum atomic E-state index is 12.2. The number of aliphatic hydroxyl groups excluding tert-OH is 1. The Morgan fingerprint density at radius 1 is 1.29 bits per heavy atom. The van der Waals surface area contributed by atoms with Crippen LogP contribution < -0.4 is 15.8 Å². The summed E-state index contributed by atoms with van der Waals surface area (Å²) in [6.07, 6.45) is 0. The Morgan fingerprint density at radius 3 is 2.57 bits per heavy atom. The van der Waals surface area contributed by atoms with E-state index >= 15 is 0 Å². The van der Waals surface area contributed by atoms with Crippen molar-refractivity contribution in [1.82, 2.24) is 5.32 Å². The van der Waals surface area contributed by atoms with Crippen molar-refractivity contribution in [3.8, 4) is 5.75 Å². The van der Waals surface area contributed by atoms with Crippen LogP contribution in [0.1, 0.15) is 22.0 Å². The molecule has 21 heavy (non-hydrogen) atoms. The zero-order valence-corrected chi connectivity index (χ0v) is 11.7. The lowest BCUT2D eigenvalue weighted by Gasteiger charge is -2.17. The van der Waals surface area contributed by atoms with Gasteiger partial charge in [-0.1, -0.05) is 30.3 Å². The van der Waals surface area contributed by atoms with Crippen LogP contribution in [0, 0.1) is 0 Å². The first kappa shape index (κ1) is 14.9. The van der Waals surface area contributed by atoms with Crippen LogP contribution in [0.15, 0.2) is 48.5 Å². The highest BCUT2D eigenvalue weighted by molar-refractivity contribution is 5.95. The zero-order valence-electron chi connectivity index (χ0n) is 11.7. The molecule has 0 heterocycles. The van der Waals surface area contributed by atoms with Crippen LogP contribution in [0.2, 0.25) is 0 Å². The number of nitrogens with two attached hydrogens (primary N) is 1. The third-order valence-corrected chi connectivity index (χ3v) is 3.18. The molecule has 0 saturated carbocycles. The van der Waals surface area contributed by atoms with E-state index < -0.39 is 6.04 Å². The first-order valence-corrected chi connectivity index (χ1v) is 6.56. The molecule has 0 radical (unpaired) electrons.